The number of rotatable bonds is 5. The standard InChI is InChI=1S/C28H25F3N4O2/c1-18-13-14-20(22(17-18)19-9-4-3-5-10-19)25(36)35-16-8-15-27(35,2)26-32-24(33-34-26)21-11-6-7-12-23(21)37-28(29,30)31/h3-7,9-14,17H,8,15-16H2,1-2H3,(H,32,33,34)/t27-/m0/s1. The van der Waals surface area contributed by atoms with E-state index < -0.39 is 11.9 Å². The summed E-state index contributed by atoms with van der Waals surface area (Å²) < 4.78 is 42.9. The van der Waals surface area contributed by atoms with E-state index in [0.29, 0.717) is 24.4 Å². The summed E-state index contributed by atoms with van der Waals surface area (Å²) in [7, 11) is 0. The van der Waals surface area contributed by atoms with Crippen LogP contribution in [-0.2, 0) is 5.54 Å². The van der Waals surface area contributed by atoms with E-state index in [4.69, 9.17) is 0 Å². The Balaban J connectivity index is 1.50. The Morgan fingerprint density at radius 1 is 1.00 bits per heavy atom. The third-order valence-electron chi connectivity index (χ3n) is 6.74. The van der Waals surface area contributed by atoms with Gasteiger partial charge in [-0.05, 0) is 56.0 Å². The summed E-state index contributed by atoms with van der Waals surface area (Å²) in [4.78, 5) is 18.8. The number of nitrogens with one attached hydrogen (secondary N) is 1. The van der Waals surface area contributed by atoms with Crippen molar-refractivity contribution in [3.63, 3.8) is 0 Å². The normalized spacial score (nSPS) is 17.7. The molecule has 1 N–H and O–H groups in total. The van der Waals surface area contributed by atoms with E-state index in [0.717, 1.165) is 23.1 Å². The molecular weight excluding hydrogens is 481 g/mol. The number of H-pyrrole nitrogens is 1. The Labute approximate surface area is 212 Å². The molecule has 1 aromatic heterocycles. The first-order valence-electron chi connectivity index (χ1n) is 11.9. The van der Waals surface area contributed by atoms with Crippen molar-refractivity contribution in [2.75, 3.05) is 6.54 Å². The highest BCUT2D eigenvalue weighted by Crippen LogP contribution is 2.40. The van der Waals surface area contributed by atoms with Crippen molar-refractivity contribution in [2.24, 2.45) is 0 Å². The average molecular weight is 507 g/mol. The Bertz CT molecular complexity index is 1430. The minimum absolute atomic E-state index is 0.128. The molecule has 1 aliphatic heterocycles. The summed E-state index contributed by atoms with van der Waals surface area (Å²) in [5, 5.41) is 8.39. The van der Waals surface area contributed by atoms with Gasteiger partial charge in [0.15, 0.2) is 11.6 Å². The smallest absolute Gasteiger partial charge is 0.405 e. The number of aromatic amines is 1. The zero-order chi connectivity index (χ0) is 26.2. The first kappa shape index (κ1) is 24.5. The number of alkyl halides is 3. The second-order valence-electron chi connectivity index (χ2n) is 9.32. The van der Waals surface area contributed by atoms with E-state index in [1.165, 1.54) is 18.2 Å². The van der Waals surface area contributed by atoms with Crippen molar-refractivity contribution in [3.8, 4) is 28.3 Å². The summed E-state index contributed by atoms with van der Waals surface area (Å²) in [6.07, 6.45) is -3.47. The molecule has 0 radical (unpaired) electrons. The Kier molecular flexibility index (Phi) is 6.23. The molecule has 1 fully saturated rings. The van der Waals surface area contributed by atoms with Crippen molar-refractivity contribution >= 4 is 5.91 Å². The van der Waals surface area contributed by atoms with Gasteiger partial charge in [-0.3, -0.25) is 4.79 Å². The topological polar surface area (TPSA) is 71.1 Å². The molecule has 6 nitrogen and oxygen atoms in total. The van der Waals surface area contributed by atoms with Gasteiger partial charge in [-0.15, -0.1) is 23.4 Å². The van der Waals surface area contributed by atoms with Crippen LogP contribution in [0.4, 0.5) is 13.2 Å². The van der Waals surface area contributed by atoms with Crippen LogP contribution in [0.1, 0.15) is 41.5 Å². The Hall–Kier alpha value is -4.14. The number of amides is 1. The highest BCUT2D eigenvalue weighted by Gasteiger charge is 2.44. The molecule has 0 saturated carbocycles. The number of aromatic nitrogens is 3. The molecular formula is C28H25F3N4O2. The number of likely N-dealkylation sites (tertiary alicyclic amines) is 1. The Morgan fingerprint density at radius 3 is 2.49 bits per heavy atom. The van der Waals surface area contributed by atoms with Crippen LogP contribution in [0.3, 0.4) is 0 Å². The number of benzene rings is 3. The summed E-state index contributed by atoms with van der Waals surface area (Å²) >= 11 is 0. The van der Waals surface area contributed by atoms with Gasteiger partial charge in [0, 0.05) is 12.1 Å². The number of halogens is 3. The maximum absolute atomic E-state index is 13.9. The number of hydrogen-bond donors (Lipinski definition) is 1. The van der Waals surface area contributed by atoms with Crippen LogP contribution in [0.25, 0.3) is 22.5 Å². The minimum atomic E-state index is -4.84. The number of hydrogen-bond acceptors (Lipinski definition) is 4. The van der Waals surface area contributed by atoms with Crippen molar-refractivity contribution in [1.29, 1.82) is 0 Å². The number of carbonyl (C=O) groups excluding carboxylic acids is 1. The molecule has 4 aromatic rings. The van der Waals surface area contributed by atoms with Crippen molar-refractivity contribution in [3.05, 3.63) is 89.7 Å². The van der Waals surface area contributed by atoms with Gasteiger partial charge in [0.1, 0.15) is 11.3 Å². The van der Waals surface area contributed by atoms with Crippen molar-refractivity contribution in [1.82, 2.24) is 20.1 Å². The Morgan fingerprint density at radius 2 is 1.73 bits per heavy atom. The average Bonchev–Trinajstić information content (AvgIpc) is 3.52. The summed E-state index contributed by atoms with van der Waals surface area (Å²) in [5.41, 5.74) is 2.71. The predicted octanol–water partition coefficient (Wildman–Crippen LogP) is 6.50. The van der Waals surface area contributed by atoms with Crippen molar-refractivity contribution in [2.45, 2.75) is 38.6 Å². The van der Waals surface area contributed by atoms with Crippen LogP contribution in [-0.4, -0.2) is 38.9 Å². The van der Waals surface area contributed by atoms with Crippen LogP contribution >= 0.6 is 0 Å². The van der Waals surface area contributed by atoms with E-state index in [-0.39, 0.29) is 23.0 Å². The maximum atomic E-state index is 13.9. The van der Waals surface area contributed by atoms with Crippen LogP contribution in [0, 0.1) is 6.92 Å². The number of nitrogens with zero attached hydrogens (tertiary/aromatic N) is 3. The monoisotopic (exact) mass is 506 g/mol. The molecule has 9 heteroatoms. The highest BCUT2D eigenvalue weighted by atomic mass is 19.4. The van der Waals surface area contributed by atoms with Gasteiger partial charge in [-0.2, -0.15) is 0 Å². The number of para-hydroxylation sites is 1. The molecule has 1 atom stereocenters. The van der Waals surface area contributed by atoms with Gasteiger partial charge >= 0.3 is 6.36 Å². The van der Waals surface area contributed by atoms with Gasteiger partial charge in [0.25, 0.3) is 5.91 Å². The van der Waals surface area contributed by atoms with Crippen LogP contribution in [0.2, 0.25) is 0 Å². The SMILES string of the molecule is Cc1ccc(C(=O)N2CCC[C@@]2(C)c2nnc(-c3ccccc3OC(F)(F)F)[nH]2)c(-c2ccccc2)c1. The molecule has 0 aliphatic carbocycles. The van der Waals surface area contributed by atoms with Crippen LogP contribution in [0.15, 0.2) is 72.8 Å². The van der Waals surface area contributed by atoms with Gasteiger partial charge in [-0.25, -0.2) is 0 Å². The van der Waals surface area contributed by atoms with E-state index in [1.807, 2.05) is 62.4 Å². The molecule has 1 amide bonds. The quantitative estimate of drug-likeness (QED) is 0.336. The molecule has 0 bridgehead atoms. The van der Waals surface area contributed by atoms with E-state index in [1.54, 1.807) is 11.0 Å². The van der Waals surface area contributed by atoms with E-state index in [9.17, 15) is 18.0 Å². The summed E-state index contributed by atoms with van der Waals surface area (Å²) in [6, 6.07) is 21.2. The predicted molar refractivity (Wildman–Crippen MR) is 133 cm³/mol. The molecule has 190 valence electrons. The largest absolute Gasteiger partial charge is 0.573 e. The van der Waals surface area contributed by atoms with Gasteiger partial charge in [0.2, 0.25) is 0 Å². The van der Waals surface area contributed by atoms with Gasteiger partial charge < -0.3 is 14.6 Å². The summed E-state index contributed by atoms with van der Waals surface area (Å²) in [6.45, 7) is 4.40. The zero-order valence-corrected chi connectivity index (χ0v) is 20.3. The lowest BCUT2D eigenvalue weighted by atomic mass is 9.94. The minimum Gasteiger partial charge on any atom is -0.405 e. The summed E-state index contributed by atoms with van der Waals surface area (Å²) in [5.74, 6) is 0.0196. The first-order chi connectivity index (χ1) is 17.7. The molecule has 2 heterocycles. The molecule has 1 saturated heterocycles. The molecule has 5 rings (SSSR count). The lowest BCUT2D eigenvalue weighted by Crippen LogP contribution is -2.43. The van der Waals surface area contributed by atoms with Crippen LogP contribution in [0.5, 0.6) is 5.75 Å². The fraction of sp³-hybridized carbons (Fsp3) is 0.250. The second-order valence-corrected chi connectivity index (χ2v) is 9.32. The van der Waals surface area contributed by atoms with Gasteiger partial charge in [-0.1, -0.05) is 60.2 Å². The molecule has 1 aliphatic rings. The third kappa shape index (κ3) is 4.81. The van der Waals surface area contributed by atoms with E-state index in [2.05, 4.69) is 19.9 Å². The maximum Gasteiger partial charge on any atom is 0.573 e. The van der Waals surface area contributed by atoms with Gasteiger partial charge in [0.05, 0.1) is 5.56 Å². The first-order valence-corrected chi connectivity index (χ1v) is 11.9. The van der Waals surface area contributed by atoms with Crippen LogP contribution < -0.4 is 4.74 Å². The number of carbonyl (C=O) groups is 1. The fourth-order valence-electron chi connectivity index (χ4n) is 4.88. The lowest BCUT2D eigenvalue weighted by molar-refractivity contribution is -0.274. The lowest BCUT2D eigenvalue weighted by Gasteiger charge is -2.33. The van der Waals surface area contributed by atoms with E-state index >= 15 is 0 Å². The third-order valence-corrected chi connectivity index (χ3v) is 6.74. The van der Waals surface area contributed by atoms with Crippen molar-refractivity contribution < 1.29 is 22.7 Å². The molecule has 3 aromatic carbocycles. The molecule has 37 heavy (non-hydrogen) atoms. The fourth-order valence-corrected chi connectivity index (χ4v) is 4.88. The second kappa shape index (κ2) is 9.38. The number of aryl methyl sites for hydroxylation is 1. The highest BCUT2D eigenvalue weighted by molar-refractivity contribution is 6.01. The molecule has 0 spiro atoms. The zero-order valence-electron chi connectivity index (χ0n) is 20.3. The molecule has 0 unspecified atom stereocenters. The number of ether oxygens (including phenoxy) is 1.